The molecule has 0 aromatic heterocycles. The van der Waals surface area contributed by atoms with Crippen LogP contribution >= 0.6 is 0 Å². The third-order valence-corrected chi connectivity index (χ3v) is 3.77. The normalized spacial score (nSPS) is 10.7. The minimum absolute atomic E-state index is 0. The molecule has 0 aliphatic carbocycles. The Balaban J connectivity index is 0.00000264. The second-order valence-electron chi connectivity index (χ2n) is 4.71. The Morgan fingerprint density at radius 2 is 1.52 bits per heavy atom. The molecule has 0 spiro atoms. The molecule has 0 aliphatic rings. The topological polar surface area (TPSA) is 80.7 Å². The minimum Gasteiger partial charge on any atom is -0.494 e. The molecule has 0 fully saturated rings. The fourth-order valence-electron chi connectivity index (χ4n) is 1.89. The van der Waals surface area contributed by atoms with E-state index in [0.29, 0.717) is 16.9 Å². The van der Waals surface area contributed by atoms with E-state index in [2.05, 4.69) is 0 Å². The summed E-state index contributed by atoms with van der Waals surface area (Å²) in [4.78, 5) is 12.2. The largest absolute Gasteiger partial charge is 0.494 e. The summed E-state index contributed by atoms with van der Waals surface area (Å²) < 4.78 is 35.1. The fourth-order valence-corrected chi connectivity index (χ4v) is 2.37. The van der Waals surface area contributed by atoms with Gasteiger partial charge in [0.05, 0.1) is 12.4 Å². The van der Waals surface area contributed by atoms with Gasteiger partial charge in [-0.25, -0.2) is 0 Å². The van der Waals surface area contributed by atoms with Crippen molar-refractivity contribution in [3.63, 3.8) is 0 Å². The SMILES string of the molecule is O=C(c1ccccc1)c1ccc(OCCCS(=O)(=O)O)cc1.[Na]. The van der Waals surface area contributed by atoms with Crippen molar-refractivity contribution in [2.24, 2.45) is 0 Å². The molecule has 2 aromatic carbocycles. The Bertz CT molecular complexity index is 727. The summed E-state index contributed by atoms with van der Waals surface area (Å²) in [6.45, 7) is 0.172. The van der Waals surface area contributed by atoms with Crippen LogP contribution in [0.1, 0.15) is 22.3 Å². The number of hydrogen-bond donors (Lipinski definition) is 1. The Kier molecular flexibility index (Phi) is 7.94. The van der Waals surface area contributed by atoms with Crippen LogP contribution in [-0.2, 0) is 10.1 Å². The minimum atomic E-state index is -3.95. The summed E-state index contributed by atoms with van der Waals surface area (Å²) in [5.41, 5.74) is 1.17. The molecule has 0 atom stereocenters. The van der Waals surface area contributed by atoms with Gasteiger partial charge in [-0.1, -0.05) is 30.3 Å². The molecule has 0 bridgehead atoms. The first-order valence-corrected chi connectivity index (χ1v) is 8.34. The van der Waals surface area contributed by atoms with Crippen molar-refractivity contribution in [2.75, 3.05) is 12.4 Å². The maximum atomic E-state index is 12.2. The molecule has 1 N–H and O–H groups in total. The van der Waals surface area contributed by atoms with Crippen LogP contribution in [0.15, 0.2) is 54.6 Å². The molecule has 5 nitrogen and oxygen atoms in total. The average molecular weight is 343 g/mol. The first-order valence-electron chi connectivity index (χ1n) is 6.73. The van der Waals surface area contributed by atoms with Gasteiger partial charge < -0.3 is 4.74 Å². The third-order valence-electron chi connectivity index (χ3n) is 2.97. The predicted molar refractivity (Wildman–Crippen MR) is 88.6 cm³/mol. The molecule has 117 valence electrons. The molecule has 2 aromatic rings. The molecule has 0 saturated heterocycles. The third kappa shape index (κ3) is 6.85. The van der Waals surface area contributed by atoms with E-state index < -0.39 is 10.1 Å². The number of rotatable bonds is 7. The van der Waals surface area contributed by atoms with E-state index >= 15 is 0 Å². The molecule has 23 heavy (non-hydrogen) atoms. The standard InChI is InChI=1S/C16H16O5S.Na/c17-16(13-5-2-1-3-6-13)14-7-9-15(10-8-14)21-11-4-12-22(18,19)20;/h1-3,5-10H,4,11-12H2,(H,18,19,20);. The van der Waals surface area contributed by atoms with Gasteiger partial charge in [0.1, 0.15) is 5.75 Å². The molecule has 0 unspecified atom stereocenters. The Morgan fingerprint density at radius 3 is 2.09 bits per heavy atom. The maximum absolute atomic E-state index is 12.2. The van der Waals surface area contributed by atoms with Gasteiger partial charge in [0, 0.05) is 40.7 Å². The van der Waals surface area contributed by atoms with Crippen LogP contribution in [-0.4, -0.2) is 60.7 Å². The molecule has 0 saturated carbocycles. The number of benzene rings is 2. The quantitative estimate of drug-likeness (QED) is 0.361. The summed E-state index contributed by atoms with van der Waals surface area (Å²) in [5, 5.41) is 0. The zero-order valence-electron chi connectivity index (χ0n) is 12.8. The molecule has 0 heterocycles. The molecule has 7 heteroatoms. The van der Waals surface area contributed by atoms with Crippen molar-refractivity contribution in [3.05, 3.63) is 65.7 Å². The smallest absolute Gasteiger partial charge is 0.264 e. The van der Waals surface area contributed by atoms with E-state index in [9.17, 15) is 13.2 Å². The summed E-state index contributed by atoms with van der Waals surface area (Å²) >= 11 is 0. The molecule has 0 aliphatic heterocycles. The van der Waals surface area contributed by atoms with Crippen molar-refractivity contribution >= 4 is 45.5 Å². The van der Waals surface area contributed by atoms with E-state index in [4.69, 9.17) is 9.29 Å². The fraction of sp³-hybridized carbons (Fsp3) is 0.188. The molecule has 1 radical (unpaired) electrons. The average Bonchev–Trinajstić information content (AvgIpc) is 2.51. The van der Waals surface area contributed by atoms with Crippen LogP contribution < -0.4 is 4.74 Å². The first-order chi connectivity index (χ1) is 10.5. The maximum Gasteiger partial charge on any atom is 0.264 e. The van der Waals surface area contributed by atoms with Gasteiger partial charge >= 0.3 is 0 Å². The van der Waals surface area contributed by atoms with Crippen LogP contribution in [0.5, 0.6) is 5.75 Å². The molecule has 2 rings (SSSR count). The van der Waals surface area contributed by atoms with E-state index in [1.165, 1.54) is 0 Å². The van der Waals surface area contributed by atoms with Gasteiger partial charge in [0.25, 0.3) is 10.1 Å². The summed E-state index contributed by atoms with van der Waals surface area (Å²) in [7, 11) is -3.95. The summed E-state index contributed by atoms with van der Waals surface area (Å²) in [6, 6.07) is 15.6. The molecule has 0 amide bonds. The summed E-state index contributed by atoms with van der Waals surface area (Å²) in [6.07, 6.45) is 0.198. The molecular formula is C16H16NaO5S. The zero-order chi connectivity index (χ0) is 16.0. The van der Waals surface area contributed by atoms with Crippen molar-refractivity contribution < 1.29 is 22.5 Å². The monoisotopic (exact) mass is 343 g/mol. The number of ketones is 1. The molecular weight excluding hydrogens is 327 g/mol. The van der Waals surface area contributed by atoms with Gasteiger partial charge in [-0.15, -0.1) is 0 Å². The second kappa shape index (κ2) is 9.20. The van der Waals surface area contributed by atoms with Crippen molar-refractivity contribution in [3.8, 4) is 5.75 Å². The van der Waals surface area contributed by atoms with E-state index in [-0.39, 0.29) is 54.1 Å². The van der Waals surface area contributed by atoms with Crippen LogP contribution in [0.4, 0.5) is 0 Å². The van der Waals surface area contributed by atoms with Gasteiger partial charge in [0.2, 0.25) is 0 Å². The predicted octanol–water partition coefficient (Wildman–Crippen LogP) is 2.19. The zero-order valence-corrected chi connectivity index (χ0v) is 15.6. The Morgan fingerprint density at radius 1 is 0.957 bits per heavy atom. The van der Waals surface area contributed by atoms with Crippen molar-refractivity contribution in [2.45, 2.75) is 6.42 Å². The number of carbonyl (C=O) groups excluding carboxylic acids is 1. The number of hydrogen-bond acceptors (Lipinski definition) is 4. The van der Waals surface area contributed by atoms with Gasteiger partial charge in [-0.05, 0) is 30.7 Å². The van der Waals surface area contributed by atoms with Crippen LogP contribution in [0, 0.1) is 0 Å². The van der Waals surface area contributed by atoms with Crippen LogP contribution in [0.2, 0.25) is 0 Å². The van der Waals surface area contributed by atoms with Gasteiger partial charge in [-0.3, -0.25) is 9.35 Å². The first kappa shape index (κ1) is 19.9. The van der Waals surface area contributed by atoms with Crippen LogP contribution in [0.3, 0.4) is 0 Å². The van der Waals surface area contributed by atoms with Gasteiger partial charge in [-0.2, -0.15) is 8.42 Å². The van der Waals surface area contributed by atoms with E-state index in [1.807, 2.05) is 6.07 Å². The van der Waals surface area contributed by atoms with E-state index in [0.717, 1.165) is 0 Å². The van der Waals surface area contributed by atoms with E-state index in [1.54, 1.807) is 48.5 Å². The van der Waals surface area contributed by atoms with Crippen molar-refractivity contribution in [1.29, 1.82) is 0 Å². The second-order valence-corrected chi connectivity index (χ2v) is 6.28. The van der Waals surface area contributed by atoms with Crippen molar-refractivity contribution in [1.82, 2.24) is 0 Å². The Hall–Kier alpha value is -1.18. The Labute approximate surface area is 157 Å². The number of carbonyl (C=O) groups is 1. The summed E-state index contributed by atoms with van der Waals surface area (Å²) in [5.74, 6) is 0.135. The number of ether oxygens (including phenoxy) is 1. The van der Waals surface area contributed by atoms with Crippen LogP contribution in [0.25, 0.3) is 0 Å². The van der Waals surface area contributed by atoms with Gasteiger partial charge in [0.15, 0.2) is 5.78 Å².